The lowest BCUT2D eigenvalue weighted by molar-refractivity contribution is -0.157. The molecule has 0 radical (unpaired) electrons. The van der Waals surface area contributed by atoms with E-state index in [1.54, 1.807) is 11.8 Å². The number of rotatable bonds is 3. The van der Waals surface area contributed by atoms with E-state index in [9.17, 15) is 9.59 Å². The second-order valence-electron chi connectivity index (χ2n) is 6.04. The molecule has 1 aliphatic carbocycles. The van der Waals surface area contributed by atoms with Crippen LogP contribution >= 0.6 is 0 Å². The highest BCUT2D eigenvalue weighted by atomic mass is 16.5. The highest BCUT2D eigenvalue weighted by molar-refractivity contribution is 5.88. The Labute approximate surface area is 109 Å². The molecule has 0 aromatic rings. The average Bonchev–Trinajstić information content (AvgIpc) is 2.98. The van der Waals surface area contributed by atoms with Gasteiger partial charge in [0.25, 0.3) is 0 Å². The first kappa shape index (κ1) is 13.4. The van der Waals surface area contributed by atoms with E-state index in [2.05, 4.69) is 13.8 Å². The first-order chi connectivity index (χ1) is 8.47. The molecular formula is C14H23NO3. The number of nitrogens with zero attached hydrogens (tertiary/aromatic N) is 1. The summed E-state index contributed by atoms with van der Waals surface area (Å²) in [6.07, 6.45) is 3.69. The number of ether oxygens (including phenoxy) is 1. The lowest BCUT2D eigenvalue weighted by Crippen LogP contribution is -2.49. The summed E-state index contributed by atoms with van der Waals surface area (Å²) in [6, 6.07) is -0.345. The van der Waals surface area contributed by atoms with E-state index in [0.29, 0.717) is 13.2 Å². The zero-order valence-electron chi connectivity index (χ0n) is 11.6. The van der Waals surface area contributed by atoms with Crippen LogP contribution in [0.1, 0.15) is 46.5 Å². The van der Waals surface area contributed by atoms with Crippen LogP contribution in [-0.2, 0) is 14.3 Å². The minimum absolute atomic E-state index is 0.104. The lowest BCUT2D eigenvalue weighted by Gasteiger charge is -2.34. The van der Waals surface area contributed by atoms with E-state index in [-0.39, 0.29) is 29.3 Å². The average molecular weight is 253 g/mol. The molecule has 1 saturated carbocycles. The maximum absolute atomic E-state index is 12.4. The molecule has 2 unspecified atom stereocenters. The third kappa shape index (κ3) is 2.52. The van der Waals surface area contributed by atoms with Crippen molar-refractivity contribution in [2.24, 2.45) is 11.3 Å². The van der Waals surface area contributed by atoms with E-state index in [1.807, 2.05) is 0 Å². The Hall–Kier alpha value is -1.06. The summed E-state index contributed by atoms with van der Waals surface area (Å²) in [6.45, 7) is 7.11. The van der Waals surface area contributed by atoms with Crippen LogP contribution in [0.15, 0.2) is 0 Å². The fraction of sp³-hybridized carbons (Fsp3) is 0.857. The van der Waals surface area contributed by atoms with Crippen LogP contribution in [0.4, 0.5) is 0 Å². The minimum Gasteiger partial charge on any atom is -0.464 e. The second-order valence-corrected chi connectivity index (χ2v) is 6.04. The molecule has 4 nitrogen and oxygen atoms in total. The van der Waals surface area contributed by atoms with Crippen molar-refractivity contribution in [3.05, 3.63) is 0 Å². The number of amides is 1. The quantitative estimate of drug-likeness (QED) is 0.722. The van der Waals surface area contributed by atoms with Crippen LogP contribution < -0.4 is 0 Å². The van der Waals surface area contributed by atoms with Gasteiger partial charge in [0.2, 0.25) is 5.91 Å². The Kier molecular flexibility index (Phi) is 3.64. The van der Waals surface area contributed by atoms with Crippen molar-refractivity contribution in [3.63, 3.8) is 0 Å². The van der Waals surface area contributed by atoms with Gasteiger partial charge in [0.1, 0.15) is 6.04 Å². The van der Waals surface area contributed by atoms with Crippen molar-refractivity contribution in [3.8, 4) is 0 Å². The Bertz CT molecular complexity index is 351. The first-order valence-corrected chi connectivity index (χ1v) is 6.94. The van der Waals surface area contributed by atoms with Gasteiger partial charge in [-0.3, -0.25) is 4.79 Å². The molecule has 0 aromatic carbocycles. The first-order valence-electron chi connectivity index (χ1n) is 6.94. The number of hydrogen-bond acceptors (Lipinski definition) is 3. The molecule has 18 heavy (non-hydrogen) atoms. The molecule has 102 valence electrons. The topological polar surface area (TPSA) is 46.6 Å². The molecule has 0 bridgehead atoms. The number of hydrogen-bond donors (Lipinski definition) is 0. The van der Waals surface area contributed by atoms with Gasteiger partial charge in [0.05, 0.1) is 6.61 Å². The van der Waals surface area contributed by atoms with Crippen LogP contribution in [0.25, 0.3) is 0 Å². The molecule has 2 rings (SSSR count). The van der Waals surface area contributed by atoms with Gasteiger partial charge < -0.3 is 9.64 Å². The predicted molar refractivity (Wildman–Crippen MR) is 67.9 cm³/mol. The highest BCUT2D eigenvalue weighted by Gasteiger charge is 2.53. The summed E-state index contributed by atoms with van der Waals surface area (Å²) < 4.78 is 5.08. The third-order valence-corrected chi connectivity index (χ3v) is 4.16. The SMILES string of the molecule is CCOC(=O)C1CCCCN1C(=O)C1CC1(C)C. The highest BCUT2D eigenvalue weighted by Crippen LogP contribution is 2.52. The van der Waals surface area contributed by atoms with Crippen molar-refractivity contribution in [2.45, 2.75) is 52.5 Å². The molecule has 0 aromatic heterocycles. The Morgan fingerprint density at radius 1 is 1.33 bits per heavy atom. The molecule has 1 heterocycles. The van der Waals surface area contributed by atoms with E-state index in [4.69, 9.17) is 4.74 Å². The summed E-state index contributed by atoms with van der Waals surface area (Å²) in [4.78, 5) is 26.1. The third-order valence-electron chi connectivity index (χ3n) is 4.16. The number of carbonyl (C=O) groups excluding carboxylic acids is 2. The van der Waals surface area contributed by atoms with Gasteiger partial charge in [-0.25, -0.2) is 4.79 Å². The predicted octanol–water partition coefficient (Wildman–Crippen LogP) is 1.98. The summed E-state index contributed by atoms with van der Waals surface area (Å²) in [7, 11) is 0. The molecule has 2 aliphatic rings. The van der Waals surface area contributed by atoms with Crippen molar-refractivity contribution < 1.29 is 14.3 Å². The van der Waals surface area contributed by atoms with Gasteiger partial charge >= 0.3 is 5.97 Å². The van der Waals surface area contributed by atoms with Crippen LogP contribution in [0.3, 0.4) is 0 Å². The molecule has 0 N–H and O–H groups in total. The standard InChI is InChI=1S/C14H23NO3/c1-4-18-13(17)11-7-5-6-8-15(11)12(16)10-9-14(10,2)3/h10-11H,4-9H2,1-3H3. The molecule has 4 heteroatoms. The summed E-state index contributed by atoms with van der Waals surface area (Å²) in [5, 5.41) is 0. The van der Waals surface area contributed by atoms with Crippen molar-refractivity contribution in [1.82, 2.24) is 4.90 Å². The molecule has 1 aliphatic heterocycles. The van der Waals surface area contributed by atoms with Crippen molar-refractivity contribution in [1.29, 1.82) is 0 Å². The molecular weight excluding hydrogens is 230 g/mol. The van der Waals surface area contributed by atoms with Gasteiger partial charge in [-0.05, 0) is 38.0 Å². The van der Waals surface area contributed by atoms with Crippen molar-refractivity contribution >= 4 is 11.9 Å². The molecule has 0 spiro atoms. The van der Waals surface area contributed by atoms with Crippen LogP contribution in [0.2, 0.25) is 0 Å². The Morgan fingerprint density at radius 2 is 2.00 bits per heavy atom. The number of carbonyl (C=O) groups is 2. The molecule has 2 fully saturated rings. The Morgan fingerprint density at radius 3 is 2.56 bits per heavy atom. The van der Waals surface area contributed by atoms with Crippen LogP contribution in [-0.4, -0.2) is 36.0 Å². The van der Waals surface area contributed by atoms with Gasteiger partial charge in [-0.2, -0.15) is 0 Å². The molecule has 1 saturated heterocycles. The second kappa shape index (κ2) is 4.90. The fourth-order valence-corrected chi connectivity index (χ4v) is 2.77. The van der Waals surface area contributed by atoms with E-state index < -0.39 is 0 Å². The summed E-state index contributed by atoms with van der Waals surface area (Å²) in [5.74, 6) is 0.0225. The van der Waals surface area contributed by atoms with E-state index in [0.717, 1.165) is 25.7 Å². The number of piperidine rings is 1. The smallest absolute Gasteiger partial charge is 0.328 e. The maximum atomic E-state index is 12.4. The largest absolute Gasteiger partial charge is 0.464 e. The normalized spacial score (nSPS) is 29.8. The zero-order chi connectivity index (χ0) is 13.3. The van der Waals surface area contributed by atoms with E-state index >= 15 is 0 Å². The van der Waals surface area contributed by atoms with Crippen LogP contribution in [0.5, 0.6) is 0 Å². The van der Waals surface area contributed by atoms with Gasteiger partial charge in [-0.1, -0.05) is 13.8 Å². The molecule has 1 amide bonds. The lowest BCUT2D eigenvalue weighted by atomic mass is 10.0. The zero-order valence-corrected chi connectivity index (χ0v) is 11.6. The fourth-order valence-electron chi connectivity index (χ4n) is 2.77. The summed E-state index contributed by atoms with van der Waals surface area (Å²) in [5.41, 5.74) is 0.119. The number of esters is 1. The van der Waals surface area contributed by atoms with Gasteiger partial charge in [-0.15, -0.1) is 0 Å². The van der Waals surface area contributed by atoms with E-state index in [1.165, 1.54) is 0 Å². The Balaban J connectivity index is 2.04. The van der Waals surface area contributed by atoms with Crippen LogP contribution in [0, 0.1) is 11.3 Å². The maximum Gasteiger partial charge on any atom is 0.328 e. The summed E-state index contributed by atoms with van der Waals surface area (Å²) >= 11 is 0. The van der Waals surface area contributed by atoms with Crippen molar-refractivity contribution in [2.75, 3.05) is 13.2 Å². The number of likely N-dealkylation sites (tertiary alicyclic amines) is 1. The minimum atomic E-state index is -0.345. The van der Waals surface area contributed by atoms with Gasteiger partial charge in [0.15, 0.2) is 0 Å². The molecule has 2 atom stereocenters. The van der Waals surface area contributed by atoms with Gasteiger partial charge in [0, 0.05) is 12.5 Å². The monoisotopic (exact) mass is 253 g/mol.